The van der Waals surface area contributed by atoms with Gasteiger partial charge in [0.1, 0.15) is 5.65 Å². The summed E-state index contributed by atoms with van der Waals surface area (Å²) in [5.74, 6) is -0.214. The molecule has 3 rings (SSSR count). The molecule has 2 aromatic heterocycles. The van der Waals surface area contributed by atoms with Crippen LogP contribution in [-0.2, 0) is 16.0 Å². The first-order valence-electron chi connectivity index (χ1n) is 8.29. The third-order valence-electron chi connectivity index (χ3n) is 4.15. The van der Waals surface area contributed by atoms with Crippen molar-refractivity contribution in [2.24, 2.45) is 0 Å². The van der Waals surface area contributed by atoms with Crippen LogP contribution in [0.5, 0.6) is 0 Å². The molecule has 2 heterocycles. The number of imidazole rings is 1. The van der Waals surface area contributed by atoms with E-state index in [4.69, 9.17) is 9.72 Å². The molecule has 4 heteroatoms. The van der Waals surface area contributed by atoms with Crippen molar-refractivity contribution in [3.8, 4) is 11.3 Å². The van der Waals surface area contributed by atoms with Crippen molar-refractivity contribution >= 4 is 11.6 Å². The second kappa shape index (κ2) is 6.87. The van der Waals surface area contributed by atoms with Gasteiger partial charge in [0.25, 0.3) is 0 Å². The molecule has 1 aromatic carbocycles. The second-order valence-electron chi connectivity index (χ2n) is 6.04. The lowest BCUT2D eigenvalue weighted by Crippen LogP contribution is -2.11. The van der Waals surface area contributed by atoms with Crippen molar-refractivity contribution in [2.45, 2.75) is 33.6 Å². The van der Waals surface area contributed by atoms with Gasteiger partial charge in [-0.2, -0.15) is 0 Å². The van der Waals surface area contributed by atoms with Gasteiger partial charge in [0.05, 0.1) is 24.4 Å². The highest BCUT2D eigenvalue weighted by atomic mass is 16.5. The number of carbonyl (C=O) groups excluding carboxylic acids is 1. The Kier molecular flexibility index (Phi) is 4.65. The average Bonchev–Trinajstić information content (AvgIpc) is 2.92. The molecule has 0 aliphatic rings. The number of carbonyl (C=O) groups is 1. The predicted molar refractivity (Wildman–Crippen MR) is 95.1 cm³/mol. The Hall–Kier alpha value is -2.62. The average molecular weight is 322 g/mol. The van der Waals surface area contributed by atoms with Crippen molar-refractivity contribution in [1.29, 1.82) is 0 Å². The van der Waals surface area contributed by atoms with Gasteiger partial charge in [0, 0.05) is 11.8 Å². The summed E-state index contributed by atoms with van der Waals surface area (Å²) < 4.78 is 7.29. The Bertz CT molecular complexity index is 866. The number of aromatic nitrogens is 2. The molecule has 0 radical (unpaired) electrons. The molecule has 0 fully saturated rings. The molecule has 124 valence electrons. The van der Waals surface area contributed by atoms with E-state index < -0.39 is 0 Å². The number of pyridine rings is 1. The zero-order chi connectivity index (χ0) is 17.1. The van der Waals surface area contributed by atoms with E-state index in [1.165, 1.54) is 11.1 Å². The van der Waals surface area contributed by atoms with E-state index in [0.717, 1.165) is 29.0 Å². The molecular formula is C20H22N2O2. The number of benzene rings is 1. The summed E-state index contributed by atoms with van der Waals surface area (Å²) in [7, 11) is 0. The molecule has 0 aliphatic heterocycles. The molecule has 0 spiro atoms. The van der Waals surface area contributed by atoms with Crippen LogP contribution in [0.25, 0.3) is 16.9 Å². The first-order chi connectivity index (χ1) is 11.6. The van der Waals surface area contributed by atoms with E-state index in [1.54, 1.807) is 0 Å². The van der Waals surface area contributed by atoms with Crippen LogP contribution in [0.1, 0.15) is 30.2 Å². The van der Waals surface area contributed by atoms with Crippen molar-refractivity contribution in [2.75, 3.05) is 6.61 Å². The van der Waals surface area contributed by atoms with Gasteiger partial charge in [0.15, 0.2) is 0 Å². The highest BCUT2D eigenvalue weighted by molar-refractivity contribution is 5.77. The quantitative estimate of drug-likeness (QED) is 0.664. The van der Waals surface area contributed by atoms with Gasteiger partial charge in [-0.3, -0.25) is 4.79 Å². The molecule has 0 aliphatic carbocycles. The van der Waals surface area contributed by atoms with Gasteiger partial charge in [0.2, 0.25) is 0 Å². The number of nitrogens with zero attached hydrogens (tertiary/aromatic N) is 2. The van der Waals surface area contributed by atoms with Crippen LogP contribution >= 0.6 is 0 Å². The summed E-state index contributed by atoms with van der Waals surface area (Å²) in [5, 5.41) is 0. The molecule has 0 saturated carbocycles. The lowest BCUT2D eigenvalue weighted by atomic mass is 10.1. The van der Waals surface area contributed by atoms with Crippen LogP contribution in [0, 0.1) is 13.8 Å². The second-order valence-corrected chi connectivity index (χ2v) is 6.04. The molecule has 3 aromatic rings. The van der Waals surface area contributed by atoms with Gasteiger partial charge in [-0.1, -0.05) is 37.3 Å². The van der Waals surface area contributed by atoms with Gasteiger partial charge in [-0.15, -0.1) is 0 Å². The van der Waals surface area contributed by atoms with E-state index in [2.05, 4.69) is 19.9 Å². The summed E-state index contributed by atoms with van der Waals surface area (Å²) in [4.78, 5) is 17.0. The minimum Gasteiger partial charge on any atom is -0.465 e. The highest BCUT2D eigenvalue weighted by Crippen LogP contribution is 2.26. The standard InChI is InChI=1S/C20H22N2O2/c1-4-10-24-19(23)12-17-20(16-8-6-5-7-9-16)21-18-11-14(2)15(3)13-22(17)18/h5-9,11,13H,4,10,12H2,1-3H3. The lowest BCUT2D eigenvalue weighted by molar-refractivity contribution is -0.142. The maximum atomic E-state index is 12.2. The molecule has 0 saturated heterocycles. The fourth-order valence-corrected chi connectivity index (χ4v) is 2.73. The lowest BCUT2D eigenvalue weighted by Gasteiger charge is -2.07. The van der Waals surface area contributed by atoms with E-state index in [0.29, 0.717) is 6.61 Å². The zero-order valence-corrected chi connectivity index (χ0v) is 14.4. The minimum atomic E-state index is -0.214. The largest absolute Gasteiger partial charge is 0.465 e. The smallest absolute Gasteiger partial charge is 0.311 e. The van der Waals surface area contributed by atoms with Crippen LogP contribution in [0.3, 0.4) is 0 Å². The zero-order valence-electron chi connectivity index (χ0n) is 14.4. The Balaban J connectivity index is 2.12. The van der Waals surface area contributed by atoms with Crippen LogP contribution in [-0.4, -0.2) is 22.0 Å². The van der Waals surface area contributed by atoms with Crippen LogP contribution in [0.15, 0.2) is 42.6 Å². The van der Waals surface area contributed by atoms with Crippen LogP contribution in [0.2, 0.25) is 0 Å². The molecule has 0 amide bonds. The number of fused-ring (bicyclic) bond motifs is 1. The predicted octanol–water partition coefficient (Wildman–Crippen LogP) is 4.11. The first kappa shape index (κ1) is 16.2. The summed E-state index contributed by atoms with van der Waals surface area (Å²) >= 11 is 0. The molecule has 0 atom stereocenters. The summed E-state index contributed by atoms with van der Waals surface area (Å²) in [6, 6.07) is 12.0. The van der Waals surface area contributed by atoms with Crippen molar-refractivity contribution in [1.82, 2.24) is 9.38 Å². The number of esters is 1. The van der Waals surface area contributed by atoms with Crippen LogP contribution in [0.4, 0.5) is 0 Å². The fourth-order valence-electron chi connectivity index (χ4n) is 2.73. The van der Waals surface area contributed by atoms with Crippen molar-refractivity contribution in [3.63, 3.8) is 0 Å². The maximum absolute atomic E-state index is 12.2. The Labute approximate surface area is 142 Å². The number of hydrogen-bond acceptors (Lipinski definition) is 3. The normalized spacial score (nSPS) is 11.0. The summed E-state index contributed by atoms with van der Waals surface area (Å²) in [6.45, 7) is 6.58. The topological polar surface area (TPSA) is 43.6 Å². The highest BCUT2D eigenvalue weighted by Gasteiger charge is 2.18. The van der Waals surface area contributed by atoms with Gasteiger partial charge in [-0.05, 0) is 37.5 Å². The van der Waals surface area contributed by atoms with E-state index in [-0.39, 0.29) is 12.4 Å². The molecule has 4 nitrogen and oxygen atoms in total. The monoisotopic (exact) mass is 322 g/mol. The molecule has 0 bridgehead atoms. The number of hydrogen-bond donors (Lipinski definition) is 0. The van der Waals surface area contributed by atoms with E-state index in [9.17, 15) is 4.79 Å². The Morgan fingerprint density at radius 3 is 2.62 bits per heavy atom. The minimum absolute atomic E-state index is 0.214. The molecular weight excluding hydrogens is 300 g/mol. The van der Waals surface area contributed by atoms with E-state index >= 15 is 0 Å². The number of aryl methyl sites for hydroxylation is 2. The third-order valence-corrected chi connectivity index (χ3v) is 4.15. The molecule has 0 N–H and O–H groups in total. The van der Waals surface area contributed by atoms with Gasteiger partial charge >= 0.3 is 5.97 Å². The van der Waals surface area contributed by atoms with E-state index in [1.807, 2.05) is 47.9 Å². The van der Waals surface area contributed by atoms with Crippen molar-refractivity contribution < 1.29 is 9.53 Å². The maximum Gasteiger partial charge on any atom is 0.311 e. The molecule has 0 unspecified atom stereocenters. The summed E-state index contributed by atoms with van der Waals surface area (Å²) in [5.41, 5.74) is 5.94. The van der Waals surface area contributed by atoms with Gasteiger partial charge < -0.3 is 9.14 Å². The summed E-state index contributed by atoms with van der Waals surface area (Å²) in [6.07, 6.45) is 3.09. The number of ether oxygens (including phenoxy) is 1. The Morgan fingerprint density at radius 2 is 1.92 bits per heavy atom. The van der Waals surface area contributed by atoms with Crippen molar-refractivity contribution in [3.05, 3.63) is 59.4 Å². The molecule has 24 heavy (non-hydrogen) atoms. The fraction of sp³-hybridized carbons (Fsp3) is 0.300. The van der Waals surface area contributed by atoms with Crippen LogP contribution < -0.4 is 0 Å². The Morgan fingerprint density at radius 1 is 1.17 bits per heavy atom. The first-order valence-corrected chi connectivity index (χ1v) is 8.29. The number of rotatable bonds is 5. The SMILES string of the molecule is CCCOC(=O)Cc1c(-c2ccccc2)nc2cc(C)c(C)cn12. The third kappa shape index (κ3) is 3.18. The van der Waals surface area contributed by atoms with Gasteiger partial charge in [-0.25, -0.2) is 4.98 Å².